The molecule has 2 unspecified atom stereocenters. The monoisotopic (exact) mass is 265 g/mol. The first-order chi connectivity index (χ1) is 9.02. The van der Waals surface area contributed by atoms with Gasteiger partial charge in [0.05, 0.1) is 11.7 Å². The third kappa shape index (κ3) is 2.81. The largest absolute Gasteiger partial charge is 0.508 e. The van der Waals surface area contributed by atoms with Gasteiger partial charge >= 0.3 is 0 Å². The van der Waals surface area contributed by atoms with Gasteiger partial charge in [0.25, 0.3) is 5.91 Å². The minimum atomic E-state index is -0.230. The second kappa shape index (κ2) is 5.48. The maximum atomic E-state index is 12.3. The molecule has 1 aromatic carbocycles. The molecule has 0 radical (unpaired) electrons. The molecular weight excluding hydrogens is 246 g/mol. The molecule has 2 N–H and O–H groups in total. The quantitative estimate of drug-likeness (QED) is 0.852. The lowest BCUT2D eigenvalue weighted by Crippen LogP contribution is -2.46. The maximum absolute atomic E-state index is 12.3. The highest BCUT2D eigenvalue weighted by molar-refractivity contribution is 5.97. The standard InChI is InChI=1S/C14H19NO4/c1-9-5-6-15(8-13(9)19-2)14(18)11-4-3-10(16)7-12(11)17/h3-4,7,9,13,16-17H,5-6,8H2,1-2H3. The first-order valence-electron chi connectivity index (χ1n) is 6.37. The first-order valence-corrected chi connectivity index (χ1v) is 6.37. The number of aromatic hydroxyl groups is 2. The van der Waals surface area contributed by atoms with Gasteiger partial charge in [0.2, 0.25) is 0 Å². The Labute approximate surface area is 112 Å². The van der Waals surface area contributed by atoms with Crippen LogP contribution in [0.3, 0.4) is 0 Å². The van der Waals surface area contributed by atoms with Crippen molar-refractivity contribution in [2.24, 2.45) is 5.92 Å². The number of methoxy groups -OCH3 is 1. The third-order valence-corrected chi connectivity index (χ3v) is 3.69. The van der Waals surface area contributed by atoms with Crippen molar-refractivity contribution < 1.29 is 19.7 Å². The van der Waals surface area contributed by atoms with E-state index in [0.29, 0.717) is 19.0 Å². The van der Waals surface area contributed by atoms with Crippen molar-refractivity contribution in [3.63, 3.8) is 0 Å². The summed E-state index contributed by atoms with van der Waals surface area (Å²) in [5, 5.41) is 19.0. The second-order valence-electron chi connectivity index (χ2n) is 4.99. The van der Waals surface area contributed by atoms with Crippen LogP contribution in [0.2, 0.25) is 0 Å². The molecule has 1 aromatic rings. The van der Waals surface area contributed by atoms with Gasteiger partial charge in [-0.05, 0) is 24.5 Å². The number of likely N-dealkylation sites (tertiary alicyclic amines) is 1. The van der Waals surface area contributed by atoms with Crippen LogP contribution in [0.5, 0.6) is 11.5 Å². The van der Waals surface area contributed by atoms with Crippen molar-refractivity contribution >= 4 is 5.91 Å². The van der Waals surface area contributed by atoms with Gasteiger partial charge in [-0.2, -0.15) is 0 Å². The van der Waals surface area contributed by atoms with Crippen LogP contribution in [-0.2, 0) is 4.74 Å². The van der Waals surface area contributed by atoms with Crippen molar-refractivity contribution in [1.29, 1.82) is 0 Å². The summed E-state index contributed by atoms with van der Waals surface area (Å²) >= 11 is 0. The fourth-order valence-corrected chi connectivity index (χ4v) is 2.40. The van der Waals surface area contributed by atoms with Crippen molar-refractivity contribution in [2.45, 2.75) is 19.4 Å². The molecule has 0 spiro atoms. The zero-order valence-corrected chi connectivity index (χ0v) is 11.2. The molecule has 1 aliphatic rings. The van der Waals surface area contributed by atoms with Crippen LogP contribution in [-0.4, -0.2) is 47.3 Å². The molecule has 1 fully saturated rings. The summed E-state index contributed by atoms with van der Waals surface area (Å²) in [6, 6.07) is 4.01. The predicted molar refractivity (Wildman–Crippen MR) is 70.3 cm³/mol. The second-order valence-corrected chi connectivity index (χ2v) is 4.99. The molecule has 0 aliphatic carbocycles. The highest BCUT2D eigenvalue weighted by atomic mass is 16.5. The fourth-order valence-electron chi connectivity index (χ4n) is 2.40. The van der Waals surface area contributed by atoms with Gasteiger partial charge in [-0.3, -0.25) is 4.79 Å². The molecule has 5 nitrogen and oxygen atoms in total. The smallest absolute Gasteiger partial charge is 0.257 e. The van der Waals surface area contributed by atoms with Crippen molar-refractivity contribution in [2.75, 3.05) is 20.2 Å². The Balaban J connectivity index is 2.15. The van der Waals surface area contributed by atoms with Crippen LogP contribution >= 0.6 is 0 Å². The fraction of sp³-hybridized carbons (Fsp3) is 0.500. The highest BCUT2D eigenvalue weighted by Crippen LogP contribution is 2.26. The number of carbonyl (C=O) groups is 1. The van der Waals surface area contributed by atoms with E-state index in [1.165, 1.54) is 18.2 Å². The molecule has 2 atom stereocenters. The Hall–Kier alpha value is -1.75. The van der Waals surface area contributed by atoms with Crippen LogP contribution < -0.4 is 0 Å². The SMILES string of the molecule is COC1CN(C(=O)c2ccc(O)cc2O)CCC1C. The molecule has 19 heavy (non-hydrogen) atoms. The number of carbonyl (C=O) groups excluding carboxylic acids is 1. The van der Waals surface area contributed by atoms with E-state index in [-0.39, 0.29) is 29.1 Å². The normalized spacial score (nSPS) is 23.4. The van der Waals surface area contributed by atoms with Crippen LogP contribution in [0.4, 0.5) is 0 Å². The molecule has 1 saturated heterocycles. The summed E-state index contributed by atoms with van der Waals surface area (Å²) in [4.78, 5) is 14.0. The minimum Gasteiger partial charge on any atom is -0.508 e. The molecule has 0 bridgehead atoms. The molecule has 5 heteroatoms. The number of phenols is 2. The number of rotatable bonds is 2. The Bertz CT molecular complexity index is 475. The van der Waals surface area contributed by atoms with Gasteiger partial charge in [-0.1, -0.05) is 6.92 Å². The molecule has 0 saturated carbocycles. The van der Waals surface area contributed by atoms with Crippen molar-refractivity contribution in [1.82, 2.24) is 4.90 Å². The lowest BCUT2D eigenvalue weighted by Gasteiger charge is -2.36. The van der Waals surface area contributed by atoms with E-state index in [9.17, 15) is 15.0 Å². The minimum absolute atomic E-state index is 0.0250. The molecule has 0 aromatic heterocycles. The van der Waals surface area contributed by atoms with E-state index in [2.05, 4.69) is 6.92 Å². The van der Waals surface area contributed by atoms with E-state index in [0.717, 1.165) is 6.42 Å². The summed E-state index contributed by atoms with van der Waals surface area (Å²) in [6.45, 7) is 3.28. The van der Waals surface area contributed by atoms with Gasteiger partial charge in [-0.15, -0.1) is 0 Å². The number of piperidine rings is 1. The third-order valence-electron chi connectivity index (χ3n) is 3.69. The molecule has 1 amide bonds. The summed E-state index contributed by atoms with van der Waals surface area (Å²) < 4.78 is 5.37. The van der Waals surface area contributed by atoms with Gasteiger partial charge < -0.3 is 19.8 Å². The summed E-state index contributed by atoms with van der Waals surface area (Å²) in [5.41, 5.74) is 0.210. The van der Waals surface area contributed by atoms with Crippen LogP contribution in [0, 0.1) is 5.92 Å². The average Bonchev–Trinajstić information content (AvgIpc) is 2.38. The van der Waals surface area contributed by atoms with Crippen LogP contribution in [0.15, 0.2) is 18.2 Å². The lowest BCUT2D eigenvalue weighted by atomic mass is 9.95. The summed E-state index contributed by atoms with van der Waals surface area (Å²) in [6.07, 6.45) is 0.903. The number of amides is 1. The lowest BCUT2D eigenvalue weighted by molar-refractivity contribution is -0.00166. The van der Waals surface area contributed by atoms with Crippen LogP contribution in [0.25, 0.3) is 0 Å². The summed E-state index contributed by atoms with van der Waals surface area (Å²) in [5.74, 6) is -0.0670. The number of ether oxygens (including phenoxy) is 1. The Morgan fingerprint density at radius 3 is 2.79 bits per heavy atom. The molecular formula is C14H19NO4. The zero-order chi connectivity index (χ0) is 14.0. The topological polar surface area (TPSA) is 70.0 Å². The molecule has 2 rings (SSSR count). The number of benzene rings is 1. The van der Waals surface area contributed by atoms with Crippen molar-refractivity contribution in [3.8, 4) is 11.5 Å². The highest BCUT2D eigenvalue weighted by Gasteiger charge is 2.30. The van der Waals surface area contributed by atoms with E-state index in [4.69, 9.17) is 4.74 Å². The first kappa shape index (κ1) is 13.7. The van der Waals surface area contributed by atoms with E-state index >= 15 is 0 Å². The van der Waals surface area contributed by atoms with Gasteiger partial charge in [0, 0.05) is 26.3 Å². The molecule has 1 heterocycles. The Morgan fingerprint density at radius 2 is 2.16 bits per heavy atom. The predicted octanol–water partition coefficient (Wildman–Crippen LogP) is 1.59. The maximum Gasteiger partial charge on any atom is 0.257 e. The molecule has 1 aliphatic heterocycles. The number of phenolic OH excluding ortho intramolecular Hbond substituents is 2. The molecule has 104 valence electrons. The van der Waals surface area contributed by atoms with E-state index < -0.39 is 0 Å². The van der Waals surface area contributed by atoms with Gasteiger partial charge in [-0.25, -0.2) is 0 Å². The Morgan fingerprint density at radius 1 is 1.42 bits per heavy atom. The van der Waals surface area contributed by atoms with Gasteiger partial charge in [0.1, 0.15) is 11.5 Å². The van der Waals surface area contributed by atoms with E-state index in [1.807, 2.05) is 0 Å². The van der Waals surface area contributed by atoms with Crippen LogP contribution in [0.1, 0.15) is 23.7 Å². The summed E-state index contributed by atoms with van der Waals surface area (Å²) in [7, 11) is 1.65. The Kier molecular flexibility index (Phi) is 3.95. The number of hydrogen-bond acceptors (Lipinski definition) is 4. The average molecular weight is 265 g/mol. The zero-order valence-electron chi connectivity index (χ0n) is 11.2. The number of nitrogens with zero attached hydrogens (tertiary/aromatic N) is 1. The van der Waals surface area contributed by atoms with Gasteiger partial charge in [0.15, 0.2) is 0 Å². The van der Waals surface area contributed by atoms with Crippen molar-refractivity contribution in [3.05, 3.63) is 23.8 Å². The number of hydrogen-bond donors (Lipinski definition) is 2. The van der Waals surface area contributed by atoms with E-state index in [1.54, 1.807) is 12.0 Å².